The molecule has 0 aromatic carbocycles. The van der Waals surface area contributed by atoms with Gasteiger partial charge in [0.1, 0.15) is 11.9 Å². The summed E-state index contributed by atoms with van der Waals surface area (Å²) in [5.41, 5.74) is 1.85. The fraction of sp³-hybridized carbons (Fsp3) is 0.471. The van der Waals surface area contributed by atoms with Gasteiger partial charge in [0.2, 0.25) is 0 Å². The minimum absolute atomic E-state index is 0.642. The van der Waals surface area contributed by atoms with Crippen molar-refractivity contribution in [1.29, 1.82) is 5.26 Å². The number of nitriles is 1. The fourth-order valence-electron chi connectivity index (χ4n) is 2.95. The first kappa shape index (κ1) is 16.4. The highest BCUT2D eigenvalue weighted by atomic mass is 16.5. The molecule has 7 heteroatoms. The Kier molecular flexibility index (Phi) is 5.41. The predicted octanol–water partition coefficient (Wildman–Crippen LogP) is 1.12. The zero-order valence-corrected chi connectivity index (χ0v) is 13.9. The summed E-state index contributed by atoms with van der Waals surface area (Å²) < 4.78 is 7.28. The summed E-state index contributed by atoms with van der Waals surface area (Å²) in [6.45, 7) is 6.02. The van der Waals surface area contributed by atoms with Crippen LogP contribution < -0.4 is 4.90 Å². The maximum absolute atomic E-state index is 9.23. The summed E-state index contributed by atoms with van der Waals surface area (Å²) in [6.07, 6.45) is 5.53. The first-order chi connectivity index (χ1) is 11.8. The molecule has 0 aliphatic carbocycles. The van der Waals surface area contributed by atoms with Gasteiger partial charge in [-0.3, -0.25) is 4.90 Å². The minimum atomic E-state index is 0.642. The number of imidazole rings is 1. The molecule has 3 rings (SSSR count). The standard InChI is InChI=1S/C17H22N6O/c1-24-10-9-23-14-19-12-16(23)13-21-5-7-22(8-6-21)17-15(11-18)3-2-4-20-17/h2-4,12,14H,5-10,13H2,1H3. The van der Waals surface area contributed by atoms with Crippen LogP contribution in [0.2, 0.25) is 0 Å². The van der Waals surface area contributed by atoms with Crippen molar-refractivity contribution in [3.05, 3.63) is 42.1 Å². The van der Waals surface area contributed by atoms with Crippen molar-refractivity contribution in [1.82, 2.24) is 19.4 Å². The van der Waals surface area contributed by atoms with Crippen molar-refractivity contribution in [3.8, 4) is 6.07 Å². The monoisotopic (exact) mass is 326 g/mol. The van der Waals surface area contributed by atoms with Crippen LogP contribution in [0.25, 0.3) is 0 Å². The van der Waals surface area contributed by atoms with Crippen LogP contribution in [0, 0.1) is 11.3 Å². The van der Waals surface area contributed by atoms with Crippen molar-refractivity contribution >= 4 is 5.82 Å². The molecule has 1 aliphatic heterocycles. The van der Waals surface area contributed by atoms with Crippen LogP contribution in [0.4, 0.5) is 5.82 Å². The maximum Gasteiger partial charge on any atom is 0.146 e. The smallest absolute Gasteiger partial charge is 0.146 e. The zero-order valence-electron chi connectivity index (χ0n) is 13.9. The largest absolute Gasteiger partial charge is 0.383 e. The van der Waals surface area contributed by atoms with Crippen LogP contribution in [0.1, 0.15) is 11.3 Å². The third-order valence-electron chi connectivity index (χ3n) is 4.30. The average Bonchev–Trinajstić information content (AvgIpc) is 3.07. The molecular formula is C17H22N6O. The summed E-state index contributed by atoms with van der Waals surface area (Å²) >= 11 is 0. The zero-order chi connectivity index (χ0) is 16.8. The van der Waals surface area contributed by atoms with Gasteiger partial charge in [-0.2, -0.15) is 5.26 Å². The molecule has 0 spiro atoms. The molecule has 1 aliphatic rings. The molecule has 0 atom stereocenters. The van der Waals surface area contributed by atoms with Crippen molar-refractivity contribution in [2.24, 2.45) is 0 Å². The van der Waals surface area contributed by atoms with E-state index in [4.69, 9.17) is 4.74 Å². The van der Waals surface area contributed by atoms with Gasteiger partial charge in [0.15, 0.2) is 0 Å². The van der Waals surface area contributed by atoms with Crippen LogP contribution in [0.5, 0.6) is 0 Å². The topological polar surface area (TPSA) is 70.2 Å². The lowest BCUT2D eigenvalue weighted by atomic mass is 10.2. The second-order valence-corrected chi connectivity index (χ2v) is 5.82. The van der Waals surface area contributed by atoms with Gasteiger partial charge in [-0.25, -0.2) is 9.97 Å². The molecule has 2 aromatic rings. The van der Waals surface area contributed by atoms with E-state index < -0.39 is 0 Å². The Morgan fingerprint density at radius 2 is 2.12 bits per heavy atom. The Balaban J connectivity index is 1.58. The Morgan fingerprint density at radius 3 is 2.88 bits per heavy atom. The number of rotatable bonds is 6. The third kappa shape index (κ3) is 3.72. The molecule has 7 nitrogen and oxygen atoms in total. The second kappa shape index (κ2) is 7.90. The van der Waals surface area contributed by atoms with E-state index in [9.17, 15) is 5.26 Å². The van der Waals surface area contributed by atoms with Crippen LogP contribution in [0.15, 0.2) is 30.9 Å². The van der Waals surface area contributed by atoms with Gasteiger partial charge in [-0.05, 0) is 12.1 Å². The average molecular weight is 326 g/mol. The first-order valence-corrected chi connectivity index (χ1v) is 8.12. The van der Waals surface area contributed by atoms with E-state index in [1.807, 2.05) is 18.6 Å². The van der Waals surface area contributed by atoms with E-state index in [1.54, 1.807) is 19.4 Å². The Bertz CT molecular complexity index is 699. The second-order valence-electron chi connectivity index (χ2n) is 5.82. The van der Waals surface area contributed by atoms with Crippen LogP contribution in [-0.4, -0.2) is 59.3 Å². The predicted molar refractivity (Wildman–Crippen MR) is 90.5 cm³/mol. The summed E-state index contributed by atoms with van der Waals surface area (Å²) in [5.74, 6) is 0.796. The van der Waals surface area contributed by atoms with Gasteiger partial charge in [0.25, 0.3) is 0 Å². The highest BCUT2D eigenvalue weighted by Crippen LogP contribution is 2.18. The quantitative estimate of drug-likeness (QED) is 0.792. The third-order valence-corrected chi connectivity index (χ3v) is 4.30. The van der Waals surface area contributed by atoms with Crippen molar-refractivity contribution < 1.29 is 4.74 Å². The molecule has 0 saturated carbocycles. The lowest BCUT2D eigenvalue weighted by Crippen LogP contribution is -2.46. The number of aromatic nitrogens is 3. The number of ether oxygens (including phenoxy) is 1. The summed E-state index contributed by atoms with van der Waals surface area (Å²) in [5, 5.41) is 9.23. The molecule has 1 saturated heterocycles. The van der Waals surface area contributed by atoms with E-state index in [0.717, 1.165) is 45.1 Å². The first-order valence-electron chi connectivity index (χ1n) is 8.12. The Hall–Kier alpha value is -2.43. The van der Waals surface area contributed by atoms with Crippen LogP contribution in [0.3, 0.4) is 0 Å². The van der Waals surface area contributed by atoms with Gasteiger partial charge in [0, 0.05) is 58.8 Å². The Morgan fingerprint density at radius 1 is 1.29 bits per heavy atom. The van der Waals surface area contributed by atoms with Crippen molar-refractivity contribution in [2.75, 3.05) is 44.8 Å². The highest BCUT2D eigenvalue weighted by Gasteiger charge is 2.20. The van der Waals surface area contributed by atoms with Gasteiger partial charge in [0.05, 0.1) is 24.2 Å². The van der Waals surface area contributed by atoms with Gasteiger partial charge >= 0.3 is 0 Å². The summed E-state index contributed by atoms with van der Waals surface area (Å²) in [6, 6.07) is 5.85. The molecule has 0 radical (unpaired) electrons. The lowest BCUT2D eigenvalue weighted by Gasteiger charge is -2.35. The summed E-state index contributed by atoms with van der Waals surface area (Å²) in [7, 11) is 1.71. The minimum Gasteiger partial charge on any atom is -0.383 e. The number of pyridine rings is 1. The Labute approximate surface area is 142 Å². The molecule has 0 bridgehead atoms. The number of anilines is 1. The fourth-order valence-corrected chi connectivity index (χ4v) is 2.95. The number of hydrogen-bond acceptors (Lipinski definition) is 6. The van der Waals surface area contributed by atoms with E-state index in [1.165, 1.54) is 5.69 Å². The molecule has 0 unspecified atom stereocenters. The maximum atomic E-state index is 9.23. The van der Waals surface area contributed by atoms with Crippen LogP contribution in [-0.2, 0) is 17.8 Å². The molecule has 3 heterocycles. The number of piperazine rings is 1. The molecule has 0 N–H and O–H groups in total. The van der Waals surface area contributed by atoms with Gasteiger partial charge < -0.3 is 14.2 Å². The molecule has 2 aromatic heterocycles. The molecule has 0 amide bonds. The highest BCUT2D eigenvalue weighted by molar-refractivity contribution is 5.53. The van der Waals surface area contributed by atoms with Crippen molar-refractivity contribution in [3.63, 3.8) is 0 Å². The van der Waals surface area contributed by atoms with E-state index in [2.05, 4.69) is 30.4 Å². The van der Waals surface area contributed by atoms with E-state index in [-0.39, 0.29) is 0 Å². The number of hydrogen-bond donors (Lipinski definition) is 0. The molecule has 126 valence electrons. The normalized spacial score (nSPS) is 15.4. The van der Waals surface area contributed by atoms with E-state index in [0.29, 0.717) is 12.2 Å². The van der Waals surface area contributed by atoms with Gasteiger partial charge in [-0.15, -0.1) is 0 Å². The summed E-state index contributed by atoms with van der Waals surface area (Å²) in [4.78, 5) is 13.2. The molecular weight excluding hydrogens is 304 g/mol. The van der Waals surface area contributed by atoms with Gasteiger partial charge in [-0.1, -0.05) is 0 Å². The van der Waals surface area contributed by atoms with E-state index >= 15 is 0 Å². The number of nitrogens with zero attached hydrogens (tertiary/aromatic N) is 6. The molecule has 1 fully saturated rings. The molecule has 24 heavy (non-hydrogen) atoms. The number of methoxy groups -OCH3 is 1. The lowest BCUT2D eigenvalue weighted by molar-refractivity contribution is 0.183. The SMILES string of the molecule is COCCn1cncc1CN1CCN(c2ncccc2C#N)CC1. The van der Waals surface area contributed by atoms with Crippen molar-refractivity contribution in [2.45, 2.75) is 13.1 Å². The van der Waals surface area contributed by atoms with Crippen LogP contribution >= 0.6 is 0 Å².